The first kappa shape index (κ1) is 24.9. The van der Waals surface area contributed by atoms with E-state index >= 15 is 0 Å². The molecule has 3 rings (SSSR count). The highest BCUT2D eigenvalue weighted by molar-refractivity contribution is 7.89. The van der Waals surface area contributed by atoms with Gasteiger partial charge >= 0.3 is 0 Å². The monoisotopic (exact) mass is 508 g/mol. The summed E-state index contributed by atoms with van der Waals surface area (Å²) in [5, 5.41) is 3.49. The Balaban J connectivity index is 1.92. The van der Waals surface area contributed by atoms with Gasteiger partial charge in [0.1, 0.15) is 11.5 Å². The Morgan fingerprint density at radius 2 is 1.67 bits per heavy atom. The lowest BCUT2D eigenvalue weighted by Crippen LogP contribution is -2.37. The number of methoxy groups -OCH3 is 2. The van der Waals surface area contributed by atoms with Crippen LogP contribution < -0.4 is 14.8 Å². The normalized spacial score (nSPS) is 11.3. The first-order valence-electron chi connectivity index (χ1n) is 9.75. The average molecular weight is 509 g/mol. The van der Waals surface area contributed by atoms with Crippen molar-refractivity contribution in [2.75, 3.05) is 26.1 Å². The van der Waals surface area contributed by atoms with Gasteiger partial charge in [0.15, 0.2) is 0 Å². The fourth-order valence-electron chi connectivity index (χ4n) is 3.06. The van der Waals surface area contributed by atoms with Crippen LogP contribution in [0, 0.1) is 0 Å². The fraction of sp³-hybridized carbons (Fsp3) is 0.174. The standard InChI is InChI=1S/C23H22Cl2N2O5S/c1-31-18-9-12-22(32-2)21(13-18)26-23(28)15-27(14-16-5-3-4-6-20(16)25)33(29,30)19-10-7-17(24)8-11-19/h3-13H,14-15H2,1-2H3,(H,26,28). The van der Waals surface area contributed by atoms with Crippen molar-refractivity contribution in [3.8, 4) is 11.5 Å². The highest BCUT2D eigenvalue weighted by Crippen LogP contribution is 2.29. The van der Waals surface area contributed by atoms with E-state index in [2.05, 4.69) is 5.32 Å². The molecular formula is C23H22Cl2N2O5S. The van der Waals surface area contributed by atoms with Crippen LogP contribution in [0.4, 0.5) is 5.69 Å². The molecule has 0 aromatic heterocycles. The van der Waals surface area contributed by atoms with Crippen LogP contribution in [0.2, 0.25) is 10.0 Å². The molecule has 1 amide bonds. The highest BCUT2D eigenvalue weighted by Gasteiger charge is 2.28. The van der Waals surface area contributed by atoms with Crippen LogP contribution in [0.3, 0.4) is 0 Å². The summed E-state index contributed by atoms with van der Waals surface area (Å²) in [5.41, 5.74) is 0.909. The van der Waals surface area contributed by atoms with E-state index in [-0.39, 0.29) is 11.4 Å². The smallest absolute Gasteiger partial charge is 0.243 e. The number of sulfonamides is 1. The lowest BCUT2D eigenvalue weighted by atomic mass is 10.2. The summed E-state index contributed by atoms with van der Waals surface area (Å²) in [5.74, 6) is 0.348. The topological polar surface area (TPSA) is 84.9 Å². The zero-order chi connectivity index (χ0) is 24.0. The number of hydrogen-bond acceptors (Lipinski definition) is 5. The van der Waals surface area contributed by atoms with E-state index in [1.165, 1.54) is 38.5 Å². The van der Waals surface area contributed by atoms with Crippen molar-refractivity contribution in [2.45, 2.75) is 11.4 Å². The summed E-state index contributed by atoms with van der Waals surface area (Å²) in [7, 11) is -1.09. The first-order chi connectivity index (χ1) is 15.7. The van der Waals surface area contributed by atoms with E-state index in [0.29, 0.717) is 32.8 Å². The minimum absolute atomic E-state index is 0.00529. The lowest BCUT2D eigenvalue weighted by molar-refractivity contribution is -0.116. The molecule has 0 aliphatic carbocycles. The van der Waals surface area contributed by atoms with Gasteiger partial charge in [0.25, 0.3) is 0 Å². The average Bonchev–Trinajstić information content (AvgIpc) is 2.80. The Kier molecular flexibility index (Phi) is 8.20. The SMILES string of the molecule is COc1ccc(OC)c(NC(=O)CN(Cc2ccccc2Cl)S(=O)(=O)c2ccc(Cl)cc2)c1. The number of amides is 1. The molecule has 0 spiro atoms. The molecular weight excluding hydrogens is 487 g/mol. The van der Waals surface area contributed by atoms with E-state index in [1.54, 1.807) is 42.5 Å². The number of ether oxygens (including phenoxy) is 2. The zero-order valence-electron chi connectivity index (χ0n) is 17.9. The molecule has 7 nitrogen and oxygen atoms in total. The number of nitrogens with one attached hydrogen (secondary N) is 1. The molecule has 0 saturated heterocycles. The number of carbonyl (C=O) groups excluding carboxylic acids is 1. The van der Waals surface area contributed by atoms with E-state index in [9.17, 15) is 13.2 Å². The molecule has 0 unspecified atom stereocenters. The third-order valence-corrected chi connectivity index (χ3v) is 7.18. The summed E-state index contributed by atoms with van der Waals surface area (Å²) in [6.45, 7) is -0.566. The van der Waals surface area contributed by atoms with Crippen LogP contribution in [-0.2, 0) is 21.4 Å². The van der Waals surface area contributed by atoms with E-state index in [1.807, 2.05) is 0 Å². The molecule has 10 heteroatoms. The predicted octanol–water partition coefficient (Wildman–Crippen LogP) is 4.84. The van der Waals surface area contributed by atoms with Crippen molar-refractivity contribution in [3.63, 3.8) is 0 Å². The van der Waals surface area contributed by atoms with Gasteiger partial charge in [0, 0.05) is 22.7 Å². The third kappa shape index (κ3) is 6.17. The molecule has 0 fully saturated rings. The fourth-order valence-corrected chi connectivity index (χ4v) is 4.76. The molecule has 0 bridgehead atoms. The molecule has 1 N–H and O–H groups in total. The summed E-state index contributed by atoms with van der Waals surface area (Å²) in [4.78, 5) is 12.9. The van der Waals surface area contributed by atoms with E-state index < -0.39 is 22.5 Å². The zero-order valence-corrected chi connectivity index (χ0v) is 20.2. The van der Waals surface area contributed by atoms with Crippen LogP contribution in [0.15, 0.2) is 71.6 Å². The van der Waals surface area contributed by atoms with Crippen molar-refractivity contribution in [1.29, 1.82) is 0 Å². The number of anilines is 1. The Morgan fingerprint density at radius 3 is 2.30 bits per heavy atom. The maximum Gasteiger partial charge on any atom is 0.243 e. The number of benzene rings is 3. The molecule has 174 valence electrons. The Labute approximate surface area is 202 Å². The molecule has 0 aliphatic heterocycles. The van der Waals surface area contributed by atoms with Gasteiger partial charge in [-0.2, -0.15) is 4.31 Å². The van der Waals surface area contributed by atoms with E-state index in [0.717, 1.165) is 4.31 Å². The molecule has 33 heavy (non-hydrogen) atoms. The summed E-state index contributed by atoms with van der Waals surface area (Å²) < 4.78 is 38.3. The summed E-state index contributed by atoms with van der Waals surface area (Å²) in [6, 6.07) is 17.5. The lowest BCUT2D eigenvalue weighted by Gasteiger charge is -2.23. The van der Waals surface area contributed by atoms with Crippen LogP contribution in [0.25, 0.3) is 0 Å². The molecule has 0 aliphatic rings. The number of hydrogen-bond donors (Lipinski definition) is 1. The Hall–Kier alpha value is -2.78. The van der Waals surface area contributed by atoms with Crippen molar-refractivity contribution in [1.82, 2.24) is 4.31 Å². The van der Waals surface area contributed by atoms with E-state index in [4.69, 9.17) is 32.7 Å². The summed E-state index contributed by atoms with van der Waals surface area (Å²) >= 11 is 12.2. The maximum atomic E-state index is 13.4. The first-order valence-corrected chi connectivity index (χ1v) is 11.9. The van der Waals surface area contributed by atoms with Gasteiger partial charge < -0.3 is 14.8 Å². The quantitative estimate of drug-likeness (QED) is 0.446. The van der Waals surface area contributed by atoms with Crippen LogP contribution in [-0.4, -0.2) is 39.4 Å². The Bertz CT molecular complexity index is 1230. The van der Waals surface area contributed by atoms with Crippen molar-refractivity contribution < 1.29 is 22.7 Å². The van der Waals surface area contributed by atoms with Crippen molar-refractivity contribution >= 4 is 44.8 Å². The predicted molar refractivity (Wildman–Crippen MR) is 129 cm³/mol. The molecule has 0 saturated carbocycles. The minimum atomic E-state index is -4.05. The largest absolute Gasteiger partial charge is 0.497 e. The van der Waals surface area contributed by atoms with Gasteiger partial charge in [-0.05, 0) is 48.0 Å². The number of carbonyl (C=O) groups is 1. The number of nitrogens with zero attached hydrogens (tertiary/aromatic N) is 1. The Morgan fingerprint density at radius 1 is 0.970 bits per heavy atom. The molecule has 3 aromatic carbocycles. The van der Waals surface area contributed by atoms with Gasteiger partial charge in [-0.1, -0.05) is 41.4 Å². The summed E-state index contributed by atoms with van der Waals surface area (Å²) in [6.07, 6.45) is 0. The van der Waals surface area contributed by atoms with Crippen LogP contribution >= 0.6 is 23.2 Å². The van der Waals surface area contributed by atoms with Crippen LogP contribution in [0.1, 0.15) is 5.56 Å². The molecule has 0 heterocycles. The van der Waals surface area contributed by atoms with Crippen LogP contribution in [0.5, 0.6) is 11.5 Å². The highest BCUT2D eigenvalue weighted by atomic mass is 35.5. The third-order valence-electron chi connectivity index (χ3n) is 4.76. The second-order valence-corrected chi connectivity index (χ2v) is 9.71. The number of rotatable bonds is 9. The van der Waals surface area contributed by atoms with Gasteiger partial charge in [-0.25, -0.2) is 8.42 Å². The van der Waals surface area contributed by atoms with Crippen molar-refractivity contribution in [2.24, 2.45) is 0 Å². The van der Waals surface area contributed by atoms with Gasteiger partial charge in [0.05, 0.1) is 31.3 Å². The van der Waals surface area contributed by atoms with Crippen molar-refractivity contribution in [3.05, 3.63) is 82.3 Å². The van der Waals surface area contributed by atoms with Gasteiger partial charge in [-0.3, -0.25) is 4.79 Å². The maximum absolute atomic E-state index is 13.4. The number of halogens is 2. The molecule has 0 radical (unpaired) electrons. The second kappa shape index (κ2) is 10.9. The molecule has 0 atom stereocenters. The van der Waals surface area contributed by atoms with Gasteiger partial charge in [0.2, 0.25) is 15.9 Å². The molecule has 3 aromatic rings. The van der Waals surface area contributed by atoms with Gasteiger partial charge in [-0.15, -0.1) is 0 Å². The second-order valence-electron chi connectivity index (χ2n) is 6.93. The minimum Gasteiger partial charge on any atom is -0.497 e.